The van der Waals surface area contributed by atoms with Crippen LogP contribution in [0.5, 0.6) is 11.6 Å². The van der Waals surface area contributed by atoms with E-state index in [4.69, 9.17) is 10.5 Å². The Labute approximate surface area is 199 Å². The number of hydrogen-bond donors (Lipinski definition) is 2. The van der Waals surface area contributed by atoms with E-state index in [9.17, 15) is 8.42 Å². The molecule has 0 radical (unpaired) electrons. The van der Waals surface area contributed by atoms with E-state index in [-0.39, 0.29) is 16.6 Å². The number of nitrogens with one attached hydrogen (secondary N) is 1. The number of hydrogen-bond acceptors (Lipinski definition) is 8. The predicted octanol–water partition coefficient (Wildman–Crippen LogP) is 2.73. The first kappa shape index (κ1) is 22.8. The fraction of sp³-hybridized carbons (Fsp3) is 0.435. The first-order valence-electron chi connectivity index (χ1n) is 11.5. The van der Waals surface area contributed by atoms with Crippen molar-refractivity contribution >= 4 is 15.8 Å². The molecule has 11 heteroatoms. The van der Waals surface area contributed by atoms with Gasteiger partial charge in [0, 0.05) is 24.7 Å². The SMILES string of the molecule is CNS(=O)(=O)c1cc(C)cc(-c2cnc(N)c(Oc3cnn(C4CCN(C5CC5)CC4)c3)n2)c1. The number of piperidine rings is 1. The van der Waals surface area contributed by atoms with Gasteiger partial charge >= 0.3 is 0 Å². The Hall–Kier alpha value is -3.02. The van der Waals surface area contributed by atoms with Crippen LogP contribution in [-0.2, 0) is 10.0 Å². The van der Waals surface area contributed by atoms with Crippen LogP contribution in [0.25, 0.3) is 11.3 Å². The summed E-state index contributed by atoms with van der Waals surface area (Å²) in [5.41, 5.74) is 7.87. The Balaban J connectivity index is 1.34. The van der Waals surface area contributed by atoms with Crippen LogP contribution < -0.4 is 15.2 Å². The zero-order valence-corrected chi connectivity index (χ0v) is 20.1. The maximum absolute atomic E-state index is 12.3. The summed E-state index contributed by atoms with van der Waals surface area (Å²) in [5, 5.41) is 4.50. The molecule has 0 amide bonds. The fourth-order valence-electron chi connectivity index (χ4n) is 4.40. The molecule has 3 N–H and O–H groups in total. The number of nitrogen functional groups attached to an aromatic ring is 1. The van der Waals surface area contributed by atoms with Gasteiger partial charge in [0.25, 0.3) is 5.88 Å². The quantitative estimate of drug-likeness (QED) is 0.525. The van der Waals surface area contributed by atoms with Crippen LogP contribution in [-0.4, -0.2) is 59.2 Å². The average molecular weight is 484 g/mol. The molecule has 0 spiro atoms. The van der Waals surface area contributed by atoms with E-state index in [2.05, 4.69) is 24.7 Å². The predicted molar refractivity (Wildman–Crippen MR) is 128 cm³/mol. The van der Waals surface area contributed by atoms with Gasteiger partial charge in [-0.2, -0.15) is 5.10 Å². The van der Waals surface area contributed by atoms with Gasteiger partial charge in [-0.3, -0.25) is 4.68 Å². The highest BCUT2D eigenvalue weighted by Gasteiger charge is 2.32. The maximum atomic E-state index is 12.3. The highest BCUT2D eigenvalue weighted by molar-refractivity contribution is 7.89. The molecule has 2 aliphatic rings. The third kappa shape index (κ3) is 4.77. The zero-order chi connectivity index (χ0) is 23.9. The third-order valence-electron chi connectivity index (χ3n) is 6.42. The van der Waals surface area contributed by atoms with Crippen LogP contribution in [0.2, 0.25) is 0 Å². The molecular formula is C23H29N7O3S. The van der Waals surface area contributed by atoms with Gasteiger partial charge in [-0.15, -0.1) is 0 Å². The Morgan fingerprint density at radius 3 is 2.56 bits per heavy atom. The molecule has 3 heterocycles. The molecule has 0 atom stereocenters. The van der Waals surface area contributed by atoms with Gasteiger partial charge in [-0.05, 0) is 63.4 Å². The minimum Gasteiger partial charge on any atom is -0.433 e. The molecule has 1 aliphatic carbocycles. The number of aromatic nitrogens is 4. The van der Waals surface area contributed by atoms with E-state index >= 15 is 0 Å². The lowest BCUT2D eigenvalue weighted by molar-refractivity contribution is 0.172. The summed E-state index contributed by atoms with van der Waals surface area (Å²) in [7, 11) is -2.22. The van der Waals surface area contributed by atoms with Gasteiger partial charge in [0.2, 0.25) is 10.0 Å². The molecule has 1 saturated carbocycles. The molecule has 1 aliphatic heterocycles. The zero-order valence-electron chi connectivity index (χ0n) is 19.3. The summed E-state index contributed by atoms with van der Waals surface area (Å²) in [6.45, 7) is 4.03. The fourth-order valence-corrected chi connectivity index (χ4v) is 5.26. The third-order valence-corrected chi connectivity index (χ3v) is 7.82. The second-order valence-corrected chi connectivity index (χ2v) is 10.8. The summed E-state index contributed by atoms with van der Waals surface area (Å²) in [4.78, 5) is 11.5. The van der Waals surface area contributed by atoms with Crippen LogP contribution in [0, 0.1) is 6.92 Å². The number of nitrogens with zero attached hydrogens (tertiary/aromatic N) is 5. The van der Waals surface area contributed by atoms with Gasteiger partial charge in [0.15, 0.2) is 11.6 Å². The summed E-state index contributed by atoms with van der Waals surface area (Å²) in [6, 6.07) is 6.14. The van der Waals surface area contributed by atoms with Crippen molar-refractivity contribution in [1.29, 1.82) is 0 Å². The number of benzene rings is 1. The van der Waals surface area contributed by atoms with Crippen LogP contribution in [0.1, 0.15) is 37.3 Å². The highest BCUT2D eigenvalue weighted by atomic mass is 32.2. The molecule has 180 valence electrons. The first-order valence-corrected chi connectivity index (χ1v) is 12.9. The summed E-state index contributed by atoms with van der Waals surface area (Å²) >= 11 is 0. The Morgan fingerprint density at radius 2 is 1.85 bits per heavy atom. The molecule has 2 aromatic heterocycles. The Kier molecular flexibility index (Phi) is 6.00. The summed E-state index contributed by atoms with van der Waals surface area (Å²) in [6.07, 6.45) is 9.84. The van der Waals surface area contributed by atoms with Crippen molar-refractivity contribution in [3.63, 3.8) is 0 Å². The number of ether oxygens (including phenoxy) is 1. The molecule has 3 aromatic rings. The van der Waals surface area contributed by atoms with Crippen molar-refractivity contribution in [2.45, 2.75) is 49.6 Å². The van der Waals surface area contributed by atoms with Crippen molar-refractivity contribution < 1.29 is 13.2 Å². The van der Waals surface area contributed by atoms with Gasteiger partial charge < -0.3 is 15.4 Å². The molecular weight excluding hydrogens is 454 g/mol. The van der Waals surface area contributed by atoms with Crippen molar-refractivity contribution in [1.82, 2.24) is 29.4 Å². The molecule has 0 bridgehead atoms. The van der Waals surface area contributed by atoms with E-state index in [0.717, 1.165) is 37.5 Å². The van der Waals surface area contributed by atoms with Crippen molar-refractivity contribution in [2.24, 2.45) is 0 Å². The molecule has 0 unspecified atom stereocenters. The number of sulfonamides is 1. The minimum absolute atomic E-state index is 0.143. The number of anilines is 1. The van der Waals surface area contributed by atoms with Crippen molar-refractivity contribution in [3.8, 4) is 22.9 Å². The topological polar surface area (TPSA) is 128 Å². The summed E-state index contributed by atoms with van der Waals surface area (Å²) in [5.74, 6) is 0.829. The second kappa shape index (κ2) is 8.97. The lowest BCUT2D eigenvalue weighted by Crippen LogP contribution is -2.36. The van der Waals surface area contributed by atoms with Crippen LogP contribution >= 0.6 is 0 Å². The average Bonchev–Trinajstić information content (AvgIpc) is 3.59. The highest BCUT2D eigenvalue weighted by Crippen LogP contribution is 2.33. The lowest BCUT2D eigenvalue weighted by Gasteiger charge is -2.31. The molecule has 5 rings (SSSR count). The van der Waals surface area contributed by atoms with E-state index in [0.29, 0.717) is 23.0 Å². The number of nitrogens with two attached hydrogens (primary N) is 1. The standard InChI is InChI=1S/C23H29N7O3S/c1-15-9-16(11-20(10-15)34(31,32)25-2)21-13-26-22(24)23(28-21)33-19-12-27-30(14-19)18-5-7-29(8-6-18)17-3-4-17/h9-14,17-18,25H,3-8H2,1-2H3,(H2,24,26). The normalized spacial score (nSPS) is 17.7. The molecule has 1 saturated heterocycles. The van der Waals surface area contributed by atoms with Crippen LogP contribution in [0.15, 0.2) is 41.7 Å². The lowest BCUT2D eigenvalue weighted by atomic mass is 10.1. The number of rotatable bonds is 7. The van der Waals surface area contributed by atoms with E-state index < -0.39 is 10.0 Å². The van der Waals surface area contributed by atoms with Gasteiger partial charge in [-0.25, -0.2) is 23.1 Å². The minimum atomic E-state index is -3.60. The van der Waals surface area contributed by atoms with Gasteiger partial charge in [0.05, 0.1) is 35.2 Å². The largest absolute Gasteiger partial charge is 0.433 e. The first-order chi connectivity index (χ1) is 16.3. The Morgan fingerprint density at radius 1 is 1.09 bits per heavy atom. The molecule has 1 aromatic carbocycles. The van der Waals surface area contributed by atoms with Crippen LogP contribution in [0.3, 0.4) is 0 Å². The van der Waals surface area contributed by atoms with Gasteiger partial charge in [0.1, 0.15) is 0 Å². The molecule has 2 fully saturated rings. The smallest absolute Gasteiger partial charge is 0.263 e. The molecule has 10 nitrogen and oxygen atoms in total. The maximum Gasteiger partial charge on any atom is 0.263 e. The van der Waals surface area contributed by atoms with E-state index in [1.807, 2.05) is 23.9 Å². The summed E-state index contributed by atoms with van der Waals surface area (Å²) < 4.78 is 34.8. The number of likely N-dealkylation sites (tertiary alicyclic amines) is 1. The van der Waals surface area contributed by atoms with Crippen LogP contribution in [0.4, 0.5) is 5.82 Å². The Bertz CT molecular complexity index is 1300. The van der Waals surface area contributed by atoms with Crippen molar-refractivity contribution in [2.75, 3.05) is 25.9 Å². The van der Waals surface area contributed by atoms with Gasteiger partial charge in [-0.1, -0.05) is 0 Å². The monoisotopic (exact) mass is 483 g/mol. The van der Waals surface area contributed by atoms with E-state index in [1.165, 1.54) is 26.1 Å². The van der Waals surface area contributed by atoms with Crippen molar-refractivity contribution in [3.05, 3.63) is 42.4 Å². The second-order valence-electron chi connectivity index (χ2n) is 8.94. The molecule has 34 heavy (non-hydrogen) atoms. The van der Waals surface area contributed by atoms with E-state index in [1.54, 1.807) is 18.3 Å². The number of aryl methyl sites for hydroxylation is 1.